The number of rotatable bonds is 6. The predicted octanol–water partition coefficient (Wildman–Crippen LogP) is 7.48. The van der Waals surface area contributed by atoms with Gasteiger partial charge in [0.1, 0.15) is 0 Å². The Labute approximate surface area is 227 Å². The van der Waals surface area contributed by atoms with Crippen LogP contribution in [0, 0.1) is 18.8 Å². The van der Waals surface area contributed by atoms with Gasteiger partial charge in [0.15, 0.2) is 0 Å². The first-order valence-electron chi connectivity index (χ1n) is 11.5. The Balaban J connectivity index is 0.00000304. The maximum absolute atomic E-state index is 6.03. The third kappa shape index (κ3) is 6.16. The molecule has 1 aromatic heterocycles. The van der Waals surface area contributed by atoms with Crippen LogP contribution >= 0.6 is 0 Å². The van der Waals surface area contributed by atoms with Gasteiger partial charge in [-0.3, -0.25) is 0 Å². The van der Waals surface area contributed by atoms with Crippen molar-refractivity contribution in [2.75, 3.05) is 9.80 Å². The minimum Gasteiger partial charge on any atom is -0.509 e. The molecule has 0 spiro atoms. The molecule has 0 amide bonds. The van der Waals surface area contributed by atoms with Crippen molar-refractivity contribution >= 4 is 11.4 Å². The average molecular weight is 656 g/mol. The second-order valence-corrected chi connectivity index (χ2v) is 9.18. The van der Waals surface area contributed by atoms with Gasteiger partial charge < -0.3 is 19.3 Å². The van der Waals surface area contributed by atoms with Crippen LogP contribution < -0.4 is 19.3 Å². The van der Waals surface area contributed by atoms with Crippen molar-refractivity contribution in [2.24, 2.45) is 0 Å². The van der Waals surface area contributed by atoms with Gasteiger partial charge >= 0.3 is 0 Å². The molecule has 0 atom stereocenters. The smallest absolute Gasteiger partial charge is 0.216 e. The summed E-state index contributed by atoms with van der Waals surface area (Å²) < 4.78 is 11.8. The van der Waals surface area contributed by atoms with E-state index in [1.54, 1.807) is 12.3 Å². The third-order valence-electron chi connectivity index (χ3n) is 5.49. The second kappa shape index (κ2) is 11.0. The number of hydrogen-bond acceptors (Lipinski definition) is 5. The number of benzene rings is 3. The second-order valence-electron chi connectivity index (χ2n) is 9.18. The summed E-state index contributed by atoms with van der Waals surface area (Å²) in [5.74, 6) is 2.15. The summed E-state index contributed by atoms with van der Waals surface area (Å²) in [5.41, 5.74) is 3.37. The number of nitrogens with zero attached hydrogens (tertiary/aromatic N) is 3. The molecule has 1 aliphatic heterocycles. The van der Waals surface area contributed by atoms with E-state index in [-0.39, 0.29) is 26.5 Å². The van der Waals surface area contributed by atoms with E-state index in [1.165, 1.54) is 5.56 Å². The maximum Gasteiger partial charge on any atom is 0.216 e. The fourth-order valence-electron chi connectivity index (χ4n) is 3.61. The zero-order chi connectivity index (χ0) is 24.3. The van der Waals surface area contributed by atoms with Crippen LogP contribution in [0.1, 0.15) is 26.3 Å². The monoisotopic (exact) mass is 655 g/mol. The summed E-state index contributed by atoms with van der Waals surface area (Å²) in [6.07, 6.45) is 5.73. The van der Waals surface area contributed by atoms with Gasteiger partial charge in [-0.15, -0.1) is 42.7 Å². The zero-order valence-corrected chi connectivity index (χ0v) is 22.6. The molecule has 5 rings (SSSR count). The number of ether oxygens (including phenoxy) is 2. The minimum atomic E-state index is 0. The zero-order valence-electron chi connectivity index (χ0n) is 20.3. The average Bonchev–Trinajstić information content (AvgIpc) is 3.35. The minimum absolute atomic E-state index is 0. The molecular weight excluding hydrogens is 629 g/mol. The predicted molar refractivity (Wildman–Crippen MR) is 138 cm³/mol. The van der Waals surface area contributed by atoms with E-state index in [1.807, 2.05) is 72.5 Å². The summed E-state index contributed by atoms with van der Waals surface area (Å²) in [7, 11) is 0. The first kappa shape index (κ1) is 25.5. The van der Waals surface area contributed by atoms with E-state index in [9.17, 15) is 0 Å². The number of anilines is 2. The molecule has 6 heteroatoms. The molecule has 4 aromatic rings. The molecule has 0 bridgehead atoms. The molecule has 0 N–H and O–H groups in total. The van der Waals surface area contributed by atoms with E-state index in [0.717, 1.165) is 11.4 Å². The van der Waals surface area contributed by atoms with Gasteiger partial charge in [-0.05, 0) is 41.6 Å². The normalized spacial score (nSPS) is 12.9. The Hall–Kier alpha value is -3.56. The SMILES string of the molecule is CC(C)(C)c1cccc(N2C=CN(c3[c-]c(Oc4[c-]c(Oc5ccccn5)ccc4)ccc3)[CH-]2)c1.[Pt]. The Morgan fingerprint density at radius 2 is 1.44 bits per heavy atom. The van der Waals surface area contributed by atoms with E-state index >= 15 is 0 Å². The number of pyridine rings is 1. The molecule has 0 fully saturated rings. The van der Waals surface area contributed by atoms with Crippen LogP contribution in [0.3, 0.4) is 0 Å². The van der Waals surface area contributed by atoms with Crippen LogP contribution in [0.4, 0.5) is 11.4 Å². The summed E-state index contributed by atoms with van der Waals surface area (Å²) >= 11 is 0. The van der Waals surface area contributed by atoms with E-state index in [0.29, 0.717) is 23.1 Å². The molecule has 5 nitrogen and oxygen atoms in total. The Morgan fingerprint density at radius 1 is 0.750 bits per heavy atom. The van der Waals surface area contributed by atoms with Crippen molar-refractivity contribution < 1.29 is 30.5 Å². The topological polar surface area (TPSA) is 37.8 Å². The van der Waals surface area contributed by atoms with E-state index < -0.39 is 0 Å². The summed E-state index contributed by atoms with van der Waals surface area (Å²) in [4.78, 5) is 8.29. The molecular formula is C30H26N3O2Pt-3. The fraction of sp³-hybridized carbons (Fsp3) is 0.133. The molecule has 0 unspecified atom stereocenters. The van der Waals surface area contributed by atoms with Crippen LogP contribution in [-0.4, -0.2) is 4.98 Å². The van der Waals surface area contributed by atoms with Crippen molar-refractivity contribution in [2.45, 2.75) is 26.2 Å². The van der Waals surface area contributed by atoms with Gasteiger partial charge in [0.25, 0.3) is 0 Å². The van der Waals surface area contributed by atoms with Crippen molar-refractivity contribution in [1.29, 1.82) is 0 Å². The molecule has 186 valence electrons. The Morgan fingerprint density at radius 3 is 2.19 bits per heavy atom. The van der Waals surface area contributed by atoms with Crippen LogP contribution in [0.15, 0.2) is 97.5 Å². The van der Waals surface area contributed by atoms with E-state index in [2.05, 4.69) is 67.1 Å². The van der Waals surface area contributed by atoms with Crippen molar-refractivity contribution in [3.05, 3.63) is 122 Å². The van der Waals surface area contributed by atoms with Crippen molar-refractivity contribution in [3.8, 4) is 23.1 Å². The van der Waals surface area contributed by atoms with Crippen LogP contribution in [0.25, 0.3) is 0 Å². The number of hydrogen-bond donors (Lipinski definition) is 0. The van der Waals surface area contributed by atoms with Gasteiger partial charge in [-0.25, -0.2) is 4.98 Å². The Kier molecular flexibility index (Phi) is 7.81. The quantitative estimate of drug-likeness (QED) is 0.202. The fourth-order valence-corrected chi connectivity index (χ4v) is 3.61. The molecule has 0 saturated heterocycles. The Bertz CT molecular complexity index is 1340. The molecule has 3 aromatic carbocycles. The molecule has 0 radical (unpaired) electrons. The van der Waals surface area contributed by atoms with Gasteiger partial charge in [-0.2, -0.15) is 12.1 Å². The summed E-state index contributed by atoms with van der Waals surface area (Å²) in [6, 6.07) is 31.9. The van der Waals surface area contributed by atoms with Gasteiger partial charge in [0.2, 0.25) is 5.88 Å². The van der Waals surface area contributed by atoms with Crippen molar-refractivity contribution in [1.82, 2.24) is 4.98 Å². The van der Waals surface area contributed by atoms with E-state index in [4.69, 9.17) is 9.47 Å². The third-order valence-corrected chi connectivity index (χ3v) is 5.49. The largest absolute Gasteiger partial charge is 0.509 e. The van der Waals surface area contributed by atoms with Crippen LogP contribution in [0.2, 0.25) is 0 Å². The van der Waals surface area contributed by atoms with Crippen LogP contribution in [0.5, 0.6) is 23.1 Å². The summed E-state index contributed by atoms with van der Waals surface area (Å²) in [6.45, 7) is 8.70. The van der Waals surface area contributed by atoms with Gasteiger partial charge in [0, 0.05) is 56.3 Å². The molecule has 2 heterocycles. The molecule has 0 aliphatic carbocycles. The van der Waals surface area contributed by atoms with Crippen molar-refractivity contribution in [3.63, 3.8) is 0 Å². The first-order chi connectivity index (χ1) is 16.9. The van der Waals surface area contributed by atoms with Crippen LogP contribution in [-0.2, 0) is 26.5 Å². The standard InChI is InChI=1S/C30H26N3O2.Pt/c1-30(2,3)23-9-6-10-24(19-23)32-17-18-33(22-32)25-11-7-12-26(20-25)34-27-13-8-14-28(21-27)35-29-15-4-5-16-31-29;/h4-19,22H,1-3H3;/q-3;. The maximum atomic E-state index is 6.03. The first-order valence-corrected chi connectivity index (χ1v) is 11.5. The number of aromatic nitrogens is 1. The molecule has 1 aliphatic rings. The van der Waals surface area contributed by atoms with Gasteiger partial charge in [-0.1, -0.05) is 45.0 Å². The molecule has 36 heavy (non-hydrogen) atoms. The molecule has 0 saturated carbocycles. The van der Waals surface area contributed by atoms with Gasteiger partial charge in [0.05, 0.1) is 0 Å². The summed E-state index contributed by atoms with van der Waals surface area (Å²) in [5, 5.41) is 0.